The molecule has 14 heteroatoms. The van der Waals surface area contributed by atoms with Gasteiger partial charge in [0, 0.05) is 29.2 Å². The van der Waals surface area contributed by atoms with Crippen molar-refractivity contribution in [2.45, 2.75) is 31.4 Å². The number of rotatable bonds is 13. The van der Waals surface area contributed by atoms with Crippen LogP contribution in [0, 0.1) is 5.41 Å². The molecule has 3 atom stereocenters. The van der Waals surface area contributed by atoms with Gasteiger partial charge in [-0.25, -0.2) is 4.31 Å². The van der Waals surface area contributed by atoms with E-state index in [0.29, 0.717) is 18.5 Å². The number of likely N-dealkylation sites (N-methyl/N-ethyl adjacent to an activating group) is 1. The van der Waals surface area contributed by atoms with E-state index in [9.17, 15) is 13.9 Å². The number of aromatic nitrogens is 2. The van der Waals surface area contributed by atoms with Gasteiger partial charge < -0.3 is 45.4 Å². The van der Waals surface area contributed by atoms with Gasteiger partial charge in [-0.05, 0) is 38.4 Å². The van der Waals surface area contributed by atoms with Crippen LogP contribution in [0.1, 0.15) is 24.8 Å². The largest absolute Gasteiger partial charge is 0.760 e. The van der Waals surface area contributed by atoms with Crippen LogP contribution in [-0.4, -0.2) is 85.1 Å². The van der Waals surface area contributed by atoms with E-state index in [-0.39, 0.29) is 67.2 Å². The third-order valence-electron chi connectivity index (χ3n) is 5.40. The Balaban J connectivity index is 1.73. The van der Waals surface area contributed by atoms with Crippen LogP contribution in [-0.2, 0) is 16.0 Å². The second kappa shape index (κ2) is 12.6. The van der Waals surface area contributed by atoms with E-state index in [1.54, 1.807) is 12.1 Å². The van der Waals surface area contributed by atoms with Gasteiger partial charge in [-0.1, -0.05) is 0 Å². The molecule has 1 aliphatic carbocycles. The van der Waals surface area contributed by atoms with Crippen LogP contribution < -0.4 is 20.5 Å². The van der Waals surface area contributed by atoms with Gasteiger partial charge in [-0.2, -0.15) is 9.97 Å². The van der Waals surface area contributed by atoms with E-state index in [0.717, 1.165) is 12.6 Å². The zero-order valence-electron chi connectivity index (χ0n) is 19.2. The summed E-state index contributed by atoms with van der Waals surface area (Å²) in [7, 11) is 1.48. The molecule has 192 valence electrons. The highest BCUT2D eigenvalue weighted by Gasteiger charge is 2.34. The SMILES string of the molecule is CN([C@@H]1CCC[C@H]1Oc1nc(Nc2ccc(OCCOCCO)c(O)c2)nc(N)c1C=N)S(=O)[O-]. The molecule has 0 saturated heterocycles. The third-order valence-corrected chi connectivity index (χ3v) is 6.14. The Morgan fingerprint density at radius 2 is 2.14 bits per heavy atom. The minimum atomic E-state index is -2.39. The fourth-order valence-corrected chi connectivity index (χ4v) is 4.15. The van der Waals surface area contributed by atoms with Crippen molar-refractivity contribution in [3.05, 3.63) is 23.8 Å². The summed E-state index contributed by atoms with van der Waals surface area (Å²) in [4.78, 5) is 8.49. The quantitative estimate of drug-likeness (QED) is 0.146. The predicted octanol–water partition coefficient (Wildman–Crippen LogP) is 0.919. The summed E-state index contributed by atoms with van der Waals surface area (Å²) < 4.78 is 40.6. The Bertz CT molecular complexity index is 1040. The van der Waals surface area contributed by atoms with Gasteiger partial charge in [0.05, 0.1) is 31.4 Å². The third kappa shape index (κ3) is 6.99. The molecule has 1 unspecified atom stereocenters. The first-order valence-corrected chi connectivity index (χ1v) is 12.0. The molecule has 1 aromatic carbocycles. The Morgan fingerprint density at radius 1 is 1.34 bits per heavy atom. The molecule has 0 amide bonds. The average molecular weight is 510 g/mol. The number of nitrogens with one attached hydrogen (secondary N) is 2. The average Bonchev–Trinajstić information content (AvgIpc) is 3.27. The van der Waals surface area contributed by atoms with Crippen molar-refractivity contribution in [1.29, 1.82) is 5.41 Å². The fraction of sp³-hybridized carbons (Fsp3) is 0.476. The molecule has 35 heavy (non-hydrogen) atoms. The van der Waals surface area contributed by atoms with Crippen LogP contribution in [0.5, 0.6) is 17.4 Å². The van der Waals surface area contributed by atoms with Crippen molar-refractivity contribution in [2.75, 3.05) is 44.5 Å². The first-order valence-electron chi connectivity index (χ1n) is 10.9. The Kier molecular flexibility index (Phi) is 9.56. The molecular weight excluding hydrogens is 480 g/mol. The van der Waals surface area contributed by atoms with Gasteiger partial charge in [-0.15, -0.1) is 0 Å². The van der Waals surface area contributed by atoms with Crippen LogP contribution in [0.4, 0.5) is 17.5 Å². The molecule has 1 aromatic heterocycles. The molecule has 0 aliphatic heterocycles. The van der Waals surface area contributed by atoms with Crippen LogP contribution in [0.3, 0.4) is 0 Å². The first kappa shape index (κ1) is 26.6. The van der Waals surface area contributed by atoms with Gasteiger partial charge in [-0.3, -0.25) is 4.21 Å². The summed E-state index contributed by atoms with van der Waals surface area (Å²) in [6, 6.07) is 4.25. The number of hydrogen-bond acceptors (Lipinski definition) is 12. The van der Waals surface area contributed by atoms with Crippen molar-refractivity contribution in [2.24, 2.45) is 0 Å². The molecule has 1 fully saturated rings. The number of benzene rings is 1. The Morgan fingerprint density at radius 3 is 2.83 bits per heavy atom. The van der Waals surface area contributed by atoms with Crippen LogP contribution >= 0.6 is 0 Å². The predicted molar refractivity (Wildman–Crippen MR) is 128 cm³/mol. The summed E-state index contributed by atoms with van der Waals surface area (Å²) in [5.41, 5.74) is 6.65. The first-order chi connectivity index (χ1) is 16.8. The van der Waals surface area contributed by atoms with Crippen LogP contribution in [0.25, 0.3) is 0 Å². The lowest BCUT2D eigenvalue weighted by atomic mass is 10.2. The lowest BCUT2D eigenvalue weighted by molar-refractivity contribution is 0.0699. The second-order valence-corrected chi connectivity index (χ2v) is 8.72. The second-order valence-electron chi connectivity index (χ2n) is 7.71. The van der Waals surface area contributed by atoms with Gasteiger partial charge in [0.2, 0.25) is 11.8 Å². The number of aliphatic hydroxyl groups is 1. The smallest absolute Gasteiger partial charge is 0.232 e. The van der Waals surface area contributed by atoms with E-state index >= 15 is 0 Å². The van der Waals surface area contributed by atoms with Crippen LogP contribution in [0.15, 0.2) is 18.2 Å². The lowest BCUT2D eigenvalue weighted by Gasteiger charge is -2.30. The number of anilines is 3. The number of phenols is 1. The number of nitrogens with two attached hydrogens (primary N) is 1. The minimum Gasteiger partial charge on any atom is -0.760 e. The number of nitrogens with zero attached hydrogens (tertiary/aromatic N) is 3. The van der Waals surface area contributed by atoms with Crippen molar-refractivity contribution in [3.63, 3.8) is 0 Å². The maximum atomic E-state index is 11.4. The zero-order chi connectivity index (χ0) is 25.4. The Hall–Kier alpha value is -3.04. The molecule has 1 saturated carbocycles. The van der Waals surface area contributed by atoms with Gasteiger partial charge in [0.1, 0.15) is 18.5 Å². The molecule has 2 aromatic rings. The standard InChI is InChI=1S/C21H30N6O7S/c1-27(35(30)31)15-3-2-4-17(15)34-20-14(12-22)19(23)25-21(26-20)24-13-5-6-18(16(29)11-13)33-10-9-32-8-7-28/h5-6,11-12,15,17,22,28-29H,2-4,7-10H2,1H3,(H,30,31)(H3,23,24,25,26)/p-1/t15-,17-/m1/s1. The number of hydrogen-bond donors (Lipinski definition) is 5. The highest BCUT2D eigenvalue weighted by molar-refractivity contribution is 7.76. The van der Waals surface area contributed by atoms with E-state index in [1.807, 2.05) is 0 Å². The van der Waals surface area contributed by atoms with E-state index < -0.39 is 17.4 Å². The molecular formula is C21H29N6O7S-. The molecule has 1 aliphatic rings. The van der Waals surface area contributed by atoms with Crippen molar-refractivity contribution in [3.8, 4) is 17.4 Å². The van der Waals surface area contributed by atoms with Gasteiger partial charge >= 0.3 is 0 Å². The molecule has 0 bridgehead atoms. The van der Waals surface area contributed by atoms with Gasteiger partial charge in [0.25, 0.3) is 0 Å². The normalized spacial score (nSPS) is 18.4. The summed E-state index contributed by atoms with van der Waals surface area (Å²) in [6.07, 6.45) is 2.57. The lowest BCUT2D eigenvalue weighted by Crippen LogP contribution is -2.41. The van der Waals surface area contributed by atoms with Crippen molar-refractivity contribution >= 4 is 34.9 Å². The fourth-order valence-electron chi connectivity index (χ4n) is 3.68. The minimum absolute atomic E-state index is 0.00913. The number of phenolic OH excluding ortho intramolecular Hbond substituents is 1. The van der Waals surface area contributed by atoms with E-state index in [4.69, 9.17) is 30.5 Å². The molecule has 0 radical (unpaired) electrons. The molecule has 13 nitrogen and oxygen atoms in total. The Labute approximate surface area is 205 Å². The van der Waals surface area contributed by atoms with Crippen molar-refractivity contribution in [1.82, 2.24) is 14.3 Å². The highest BCUT2D eigenvalue weighted by atomic mass is 32.2. The monoisotopic (exact) mass is 509 g/mol. The van der Waals surface area contributed by atoms with Gasteiger partial charge in [0.15, 0.2) is 11.5 Å². The van der Waals surface area contributed by atoms with E-state index in [1.165, 1.54) is 17.4 Å². The molecule has 6 N–H and O–H groups in total. The molecule has 0 spiro atoms. The summed E-state index contributed by atoms with van der Waals surface area (Å²) in [6.45, 7) is 0.589. The van der Waals surface area contributed by atoms with Crippen molar-refractivity contribution < 1.29 is 33.2 Å². The zero-order valence-corrected chi connectivity index (χ0v) is 20.0. The van der Waals surface area contributed by atoms with Crippen LogP contribution in [0.2, 0.25) is 0 Å². The number of nitrogen functional groups attached to an aromatic ring is 1. The highest BCUT2D eigenvalue weighted by Crippen LogP contribution is 2.33. The number of aliphatic hydroxyl groups excluding tert-OH is 1. The molecule has 3 rings (SSSR count). The topological polar surface area (TPSA) is 199 Å². The summed E-state index contributed by atoms with van der Waals surface area (Å²) in [5, 5.41) is 29.6. The maximum absolute atomic E-state index is 11.4. The number of aromatic hydroxyl groups is 1. The summed E-state index contributed by atoms with van der Waals surface area (Å²) >= 11 is -2.39. The summed E-state index contributed by atoms with van der Waals surface area (Å²) in [5.74, 6) is 0.266. The van der Waals surface area contributed by atoms with E-state index in [2.05, 4.69) is 15.3 Å². The number of ether oxygens (including phenoxy) is 3. The molecule has 1 heterocycles. The maximum Gasteiger partial charge on any atom is 0.232 e.